The van der Waals surface area contributed by atoms with E-state index in [9.17, 15) is 4.79 Å². The Balaban J connectivity index is 1.55. The van der Waals surface area contributed by atoms with Crippen LogP contribution in [0.25, 0.3) is 0 Å². The molecule has 0 aromatic heterocycles. The van der Waals surface area contributed by atoms with E-state index < -0.39 is 5.79 Å². The zero-order chi connectivity index (χ0) is 14.0. The Morgan fingerprint density at radius 3 is 2.35 bits per heavy atom. The van der Waals surface area contributed by atoms with Gasteiger partial charge in [0.25, 0.3) is 0 Å². The van der Waals surface area contributed by atoms with E-state index in [0.717, 1.165) is 18.5 Å². The Kier molecular flexibility index (Phi) is 3.63. The number of hydrogen-bond donors (Lipinski definition) is 1. The fraction of sp³-hybridized carbons (Fsp3) is 0.533. The lowest BCUT2D eigenvalue weighted by molar-refractivity contribution is -0.181. The van der Waals surface area contributed by atoms with Crippen LogP contribution in [0.5, 0.6) is 0 Å². The fourth-order valence-electron chi connectivity index (χ4n) is 2.68. The van der Waals surface area contributed by atoms with Crippen LogP contribution in [-0.4, -0.2) is 43.0 Å². The molecular formula is C15H20N2O3. The fourth-order valence-corrected chi connectivity index (χ4v) is 2.68. The highest BCUT2D eigenvalue weighted by Gasteiger charge is 2.40. The van der Waals surface area contributed by atoms with Gasteiger partial charge in [-0.2, -0.15) is 0 Å². The molecule has 2 aliphatic heterocycles. The van der Waals surface area contributed by atoms with Crippen LogP contribution in [0.4, 0.5) is 10.5 Å². The number of hydrogen-bond acceptors (Lipinski definition) is 3. The molecule has 0 bridgehead atoms. The highest BCUT2D eigenvalue weighted by atomic mass is 16.7. The molecule has 1 N–H and O–H groups in total. The quantitative estimate of drug-likeness (QED) is 0.856. The van der Waals surface area contributed by atoms with Gasteiger partial charge < -0.3 is 19.7 Å². The van der Waals surface area contributed by atoms with Gasteiger partial charge in [0.15, 0.2) is 5.79 Å². The zero-order valence-corrected chi connectivity index (χ0v) is 11.7. The van der Waals surface area contributed by atoms with Gasteiger partial charge >= 0.3 is 6.03 Å². The molecule has 2 saturated heterocycles. The third-order valence-electron chi connectivity index (χ3n) is 3.93. The van der Waals surface area contributed by atoms with E-state index in [2.05, 4.69) is 5.32 Å². The first-order chi connectivity index (χ1) is 9.67. The van der Waals surface area contributed by atoms with Crippen LogP contribution >= 0.6 is 0 Å². The number of nitrogens with zero attached hydrogens (tertiary/aromatic N) is 1. The highest BCUT2D eigenvalue weighted by molar-refractivity contribution is 5.89. The number of ether oxygens (including phenoxy) is 2. The molecule has 2 amide bonds. The lowest BCUT2D eigenvalue weighted by Crippen LogP contribution is -2.48. The smallest absolute Gasteiger partial charge is 0.321 e. The first kappa shape index (κ1) is 13.4. The predicted octanol–water partition coefficient (Wildman–Crippen LogP) is 2.37. The Bertz CT molecular complexity index is 470. The average Bonchev–Trinajstić information content (AvgIpc) is 2.90. The molecule has 2 aliphatic rings. The molecule has 1 aromatic rings. The van der Waals surface area contributed by atoms with Gasteiger partial charge in [0.05, 0.1) is 13.2 Å². The van der Waals surface area contributed by atoms with Crippen LogP contribution in [0.15, 0.2) is 24.3 Å². The minimum absolute atomic E-state index is 0.0540. The number of carbonyl (C=O) groups excluding carboxylic acids is 1. The Hall–Kier alpha value is -1.59. The lowest BCUT2D eigenvalue weighted by atomic mass is 10.0. The summed E-state index contributed by atoms with van der Waals surface area (Å²) < 4.78 is 11.3. The number of anilines is 1. The molecule has 5 heteroatoms. The summed E-state index contributed by atoms with van der Waals surface area (Å²) >= 11 is 0. The van der Waals surface area contributed by atoms with Gasteiger partial charge in [-0.1, -0.05) is 17.7 Å². The molecule has 0 aliphatic carbocycles. The third kappa shape index (κ3) is 2.78. The van der Waals surface area contributed by atoms with Crippen molar-refractivity contribution in [1.29, 1.82) is 0 Å². The van der Waals surface area contributed by atoms with E-state index in [1.54, 1.807) is 0 Å². The van der Waals surface area contributed by atoms with Crippen molar-refractivity contribution < 1.29 is 14.3 Å². The summed E-state index contributed by atoms with van der Waals surface area (Å²) in [5.74, 6) is -0.430. The topological polar surface area (TPSA) is 50.8 Å². The highest BCUT2D eigenvalue weighted by Crippen LogP contribution is 2.31. The molecule has 1 spiro atoms. The third-order valence-corrected chi connectivity index (χ3v) is 3.93. The number of rotatable bonds is 1. The molecule has 108 valence electrons. The van der Waals surface area contributed by atoms with Gasteiger partial charge in [0, 0.05) is 31.6 Å². The van der Waals surface area contributed by atoms with Crippen molar-refractivity contribution in [3.63, 3.8) is 0 Å². The number of piperidine rings is 1. The molecule has 1 aromatic carbocycles. The number of amides is 2. The van der Waals surface area contributed by atoms with Crippen molar-refractivity contribution in [2.75, 3.05) is 31.6 Å². The second-order valence-corrected chi connectivity index (χ2v) is 5.39. The van der Waals surface area contributed by atoms with Gasteiger partial charge in [-0.25, -0.2) is 4.79 Å². The maximum Gasteiger partial charge on any atom is 0.321 e. The second kappa shape index (κ2) is 5.42. The molecular weight excluding hydrogens is 256 g/mol. The molecule has 0 atom stereocenters. The normalized spacial score (nSPS) is 21.1. The van der Waals surface area contributed by atoms with E-state index in [1.807, 2.05) is 36.1 Å². The molecule has 5 nitrogen and oxygen atoms in total. The lowest BCUT2D eigenvalue weighted by Gasteiger charge is -2.37. The number of aryl methyl sites for hydroxylation is 1. The summed E-state index contributed by atoms with van der Waals surface area (Å²) in [5.41, 5.74) is 2.01. The number of urea groups is 1. The van der Waals surface area contributed by atoms with Crippen molar-refractivity contribution in [3.8, 4) is 0 Å². The minimum Gasteiger partial charge on any atom is -0.347 e. The Labute approximate surface area is 118 Å². The minimum atomic E-state index is -0.430. The van der Waals surface area contributed by atoms with E-state index >= 15 is 0 Å². The summed E-state index contributed by atoms with van der Waals surface area (Å²) in [6, 6.07) is 7.76. The first-order valence-corrected chi connectivity index (χ1v) is 7.07. The molecule has 3 rings (SSSR count). The first-order valence-electron chi connectivity index (χ1n) is 7.07. The summed E-state index contributed by atoms with van der Waals surface area (Å²) in [6.07, 6.45) is 1.49. The molecule has 20 heavy (non-hydrogen) atoms. The average molecular weight is 276 g/mol. The van der Waals surface area contributed by atoms with E-state index in [0.29, 0.717) is 26.3 Å². The molecule has 2 fully saturated rings. The van der Waals surface area contributed by atoms with Crippen LogP contribution in [-0.2, 0) is 9.47 Å². The van der Waals surface area contributed by atoms with Gasteiger partial charge in [0.2, 0.25) is 0 Å². The number of benzene rings is 1. The van der Waals surface area contributed by atoms with E-state index in [-0.39, 0.29) is 6.03 Å². The van der Waals surface area contributed by atoms with Gasteiger partial charge in [-0.3, -0.25) is 0 Å². The summed E-state index contributed by atoms with van der Waals surface area (Å²) in [7, 11) is 0. The van der Waals surface area contributed by atoms with Crippen LogP contribution in [0.1, 0.15) is 18.4 Å². The van der Waals surface area contributed by atoms with Crippen LogP contribution in [0.2, 0.25) is 0 Å². The Morgan fingerprint density at radius 2 is 1.75 bits per heavy atom. The summed E-state index contributed by atoms with van der Waals surface area (Å²) in [6.45, 7) is 4.68. The van der Waals surface area contributed by atoms with Gasteiger partial charge in [-0.05, 0) is 19.1 Å². The van der Waals surface area contributed by atoms with Crippen LogP contribution in [0.3, 0.4) is 0 Å². The maximum absolute atomic E-state index is 12.2. The molecule has 0 radical (unpaired) electrons. The zero-order valence-electron chi connectivity index (χ0n) is 11.7. The van der Waals surface area contributed by atoms with Gasteiger partial charge in [0.1, 0.15) is 0 Å². The summed E-state index contributed by atoms with van der Waals surface area (Å²) in [4.78, 5) is 14.0. The second-order valence-electron chi connectivity index (χ2n) is 5.39. The maximum atomic E-state index is 12.2. The van der Waals surface area contributed by atoms with Crippen molar-refractivity contribution >= 4 is 11.7 Å². The summed E-state index contributed by atoms with van der Waals surface area (Å²) in [5, 5.41) is 2.92. The van der Waals surface area contributed by atoms with Crippen LogP contribution < -0.4 is 5.32 Å². The van der Waals surface area contributed by atoms with Crippen LogP contribution in [0, 0.1) is 6.92 Å². The van der Waals surface area contributed by atoms with Crippen molar-refractivity contribution in [1.82, 2.24) is 4.90 Å². The van der Waals surface area contributed by atoms with Crippen molar-refractivity contribution in [2.45, 2.75) is 25.6 Å². The number of carbonyl (C=O) groups is 1. The molecule has 0 saturated carbocycles. The largest absolute Gasteiger partial charge is 0.347 e. The SMILES string of the molecule is Cc1ccc(NC(=O)N2CCC3(CC2)OCCO3)cc1. The molecule has 0 unspecified atom stereocenters. The monoisotopic (exact) mass is 276 g/mol. The van der Waals surface area contributed by atoms with Crippen molar-refractivity contribution in [2.24, 2.45) is 0 Å². The van der Waals surface area contributed by atoms with E-state index in [4.69, 9.17) is 9.47 Å². The van der Waals surface area contributed by atoms with Crippen molar-refractivity contribution in [3.05, 3.63) is 29.8 Å². The molecule has 2 heterocycles. The Morgan fingerprint density at radius 1 is 1.15 bits per heavy atom. The predicted molar refractivity (Wildman–Crippen MR) is 75.6 cm³/mol. The number of nitrogens with one attached hydrogen (secondary N) is 1. The van der Waals surface area contributed by atoms with E-state index in [1.165, 1.54) is 5.56 Å². The van der Waals surface area contributed by atoms with Gasteiger partial charge in [-0.15, -0.1) is 0 Å². The standard InChI is InChI=1S/C15H20N2O3/c1-12-2-4-13(5-3-12)16-14(18)17-8-6-15(7-9-17)19-10-11-20-15/h2-5H,6-11H2,1H3,(H,16,18). The number of likely N-dealkylation sites (tertiary alicyclic amines) is 1.